The molecule has 0 aliphatic carbocycles. The lowest BCUT2D eigenvalue weighted by molar-refractivity contribution is -0.154. The Kier molecular flexibility index (Phi) is 17.6. The number of carbonyl (C=O) groups excluding carboxylic acids is 8. The molecule has 1 heterocycles. The van der Waals surface area contributed by atoms with E-state index in [4.69, 9.17) is 15.2 Å². The van der Waals surface area contributed by atoms with Gasteiger partial charge in [0, 0.05) is 50.5 Å². The van der Waals surface area contributed by atoms with E-state index in [0.717, 1.165) is 17.1 Å². The van der Waals surface area contributed by atoms with Gasteiger partial charge in [0.15, 0.2) is 0 Å². The maximum absolute atomic E-state index is 13.6. The number of amides is 8. The smallest absolute Gasteiger partial charge is 0.312 e. The maximum atomic E-state index is 13.6. The molecule has 0 bridgehead atoms. The molecule has 2 rings (SSSR count). The molecule has 0 saturated heterocycles. The highest BCUT2D eigenvalue weighted by Crippen LogP contribution is 2.18. The number of carbonyl (C=O) groups is 8. The van der Waals surface area contributed by atoms with Crippen molar-refractivity contribution < 1.29 is 47.8 Å². The van der Waals surface area contributed by atoms with E-state index in [1.165, 1.54) is 4.90 Å². The molecule has 6 N–H and O–H groups in total. The summed E-state index contributed by atoms with van der Waals surface area (Å²) in [5, 5.41) is 10.6. The van der Waals surface area contributed by atoms with Crippen LogP contribution in [0.2, 0.25) is 0 Å². The second-order valence-corrected chi connectivity index (χ2v) is 13.7. The average Bonchev–Trinajstić information content (AvgIpc) is 3.40. The third kappa shape index (κ3) is 15.4. The second kappa shape index (κ2) is 21.3. The van der Waals surface area contributed by atoms with Gasteiger partial charge in [0.05, 0.1) is 12.0 Å². The van der Waals surface area contributed by atoms with E-state index in [-0.39, 0.29) is 58.1 Å². The zero-order chi connectivity index (χ0) is 39.7. The molecule has 0 unspecified atom stereocenters. The Bertz CT molecular complexity index is 1490. The summed E-state index contributed by atoms with van der Waals surface area (Å²) < 4.78 is 10.7. The molecule has 2 atom stereocenters. The first-order valence-corrected chi connectivity index (χ1v) is 17.5. The Morgan fingerprint density at radius 3 is 2.13 bits per heavy atom. The fourth-order valence-corrected chi connectivity index (χ4v) is 4.85. The molecule has 17 nitrogen and oxygen atoms in total. The van der Waals surface area contributed by atoms with Crippen molar-refractivity contribution in [1.82, 2.24) is 25.8 Å². The predicted molar refractivity (Wildman–Crippen MR) is 193 cm³/mol. The summed E-state index contributed by atoms with van der Waals surface area (Å²) in [4.78, 5) is 102. The van der Waals surface area contributed by atoms with Gasteiger partial charge in [0.25, 0.3) is 11.8 Å². The molecule has 0 radical (unpaired) electrons. The number of benzene rings is 1. The number of hydrogen-bond donors (Lipinski definition) is 5. The van der Waals surface area contributed by atoms with Gasteiger partial charge in [0.1, 0.15) is 25.2 Å². The normalized spacial score (nSPS) is 13.7. The van der Waals surface area contributed by atoms with Crippen molar-refractivity contribution in [1.29, 1.82) is 0 Å². The van der Waals surface area contributed by atoms with Crippen LogP contribution in [0.25, 0.3) is 0 Å². The topological polar surface area (TPSA) is 236 Å². The number of anilines is 1. The van der Waals surface area contributed by atoms with Crippen molar-refractivity contribution >= 4 is 53.1 Å². The highest BCUT2D eigenvalue weighted by molar-refractivity contribution is 6.14. The van der Waals surface area contributed by atoms with Gasteiger partial charge in [-0.05, 0) is 64.2 Å². The molecule has 53 heavy (non-hydrogen) atoms. The highest BCUT2D eigenvalue weighted by Gasteiger charge is 2.31. The van der Waals surface area contributed by atoms with Crippen LogP contribution in [0.1, 0.15) is 66.4 Å². The number of nitrogens with one attached hydrogen (secondary N) is 4. The fourth-order valence-electron chi connectivity index (χ4n) is 4.85. The number of ether oxygens (including phenoxy) is 2. The third-order valence-electron chi connectivity index (χ3n) is 7.94. The quantitative estimate of drug-likeness (QED) is 0.0680. The molecule has 1 aromatic rings. The zero-order valence-corrected chi connectivity index (χ0v) is 31.3. The number of esters is 1. The zero-order valence-electron chi connectivity index (χ0n) is 31.3. The van der Waals surface area contributed by atoms with Crippen LogP contribution in [0.3, 0.4) is 0 Å². The third-order valence-corrected chi connectivity index (χ3v) is 7.94. The number of imide groups is 1. The summed E-state index contributed by atoms with van der Waals surface area (Å²) >= 11 is 0. The van der Waals surface area contributed by atoms with E-state index in [1.807, 2.05) is 0 Å². The van der Waals surface area contributed by atoms with Crippen molar-refractivity contribution in [2.75, 3.05) is 44.7 Å². The van der Waals surface area contributed by atoms with Gasteiger partial charge in [-0.25, -0.2) is 4.79 Å². The highest BCUT2D eigenvalue weighted by atomic mass is 16.5. The van der Waals surface area contributed by atoms with Crippen LogP contribution in [0.5, 0.6) is 0 Å². The molecule has 1 aliphatic heterocycles. The summed E-state index contributed by atoms with van der Waals surface area (Å²) in [6.07, 6.45) is 2.35. The van der Waals surface area contributed by atoms with Gasteiger partial charge in [-0.2, -0.15) is 0 Å². The van der Waals surface area contributed by atoms with Crippen molar-refractivity contribution in [3.05, 3.63) is 42.0 Å². The number of primary amides is 1. The Morgan fingerprint density at radius 2 is 1.57 bits per heavy atom. The number of nitrogens with two attached hydrogens (primary N) is 1. The molecule has 8 amide bonds. The Balaban J connectivity index is 2.08. The number of rotatable bonds is 21. The molecule has 0 fully saturated rings. The van der Waals surface area contributed by atoms with Crippen molar-refractivity contribution in [3.8, 4) is 0 Å². The Labute approximate surface area is 309 Å². The lowest BCUT2D eigenvalue weighted by Gasteiger charge is -2.27. The van der Waals surface area contributed by atoms with Crippen LogP contribution in [0, 0.1) is 11.3 Å². The lowest BCUT2D eigenvalue weighted by atomic mass is 9.97. The minimum Gasteiger partial charge on any atom is -0.460 e. The minimum atomic E-state index is -1.07. The molecular weight excluding hydrogens is 690 g/mol. The van der Waals surface area contributed by atoms with Gasteiger partial charge >= 0.3 is 12.0 Å². The Hall–Kier alpha value is -5.32. The van der Waals surface area contributed by atoms with Crippen LogP contribution in [0.4, 0.5) is 10.5 Å². The number of hydrogen-bond acceptors (Lipinski definition) is 10. The molecule has 17 heteroatoms. The summed E-state index contributed by atoms with van der Waals surface area (Å²) in [5.41, 5.74) is 5.62. The van der Waals surface area contributed by atoms with Gasteiger partial charge in [-0.1, -0.05) is 26.0 Å². The predicted octanol–water partition coefficient (Wildman–Crippen LogP) is 0.969. The van der Waals surface area contributed by atoms with Crippen molar-refractivity contribution in [2.45, 2.75) is 79.5 Å². The maximum Gasteiger partial charge on any atom is 0.312 e. The molecule has 1 aromatic carbocycles. The monoisotopic (exact) mass is 743 g/mol. The van der Waals surface area contributed by atoms with Crippen molar-refractivity contribution in [3.63, 3.8) is 0 Å². The van der Waals surface area contributed by atoms with Crippen LogP contribution in [-0.4, -0.2) is 109 Å². The molecule has 0 saturated carbocycles. The lowest BCUT2D eigenvalue weighted by Crippen LogP contribution is -2.55. The summed E-state index contributed by atoms with van der Waals surface area (Å²) in [5.74, 6) is -4.27. The number of nitrogens with zero attached hydrogens (tertiary/aromatic N) is 2. The van der Waals surface area contributed by atoms with Gasteiger partial charge in [-0.3, -0.25) is 38.5 Å². The van der Waals surface area contributed by atoms with Gasteiger partial charge in [0.2, 0.25) is 23.6 Å². The van der Waals surface area contributed by atoms with Crippen LogP contribution < -0.4 is 27.0 Å². The summed E-state index contributed by atoms with van der Waals surface area (Å²) in [6.45, 7) is 10.8. The molecule has 1 aliphatic rings. The summed E-state index contributed by atoms with van der Waals surface area (Å²) in [6, 6.07) is 3.77. The standard InChI is InChI=1S/C36H53N7O10/c1-7-52-20-19-42(30(47)21-43-28(45)14-15-29(43)46)18-16-27(44)41-31(23(2)3)33(49)40-26(9-8-17-38-35(37)51)32(48)39-25-12-10-24(11-13-25)22-53-34(50)36(4,5)6/h10-15,23,26,31H,7-9,16-22H2,1-6H3,(H,39,48)(H,40,49)(H,41,44)(H3,37,38,51)/t26-,31-/m0/s1. The largest absolute Gasteiger partial charge is 0.460 e. The van der Waals surface area contributed by atoms with Crippen LogP contribution in [-0.2, 0) is 49.6 Å². The van der Waals surface area contributed by atoms with E-state index in [9.17, 15) is 38.4 Å². The first kappa shape index (κ1) is 43.8. The summed E-state index contributed by atoms with van der Waals surface area (Å²) in [7, 11) is 0. The SMILES string of the molecule is CCOCCN(CCC(=O)N[C@H](C(=O)N[C@@H](CCCNC(N)=O)C(=O)Nc1ccc(COC(=O)C(C)(C)C)cc1)C(C)C)C(=O)CN1C(=O)C=CC1=O. The molecular formula is C36H53N7O10. The van der Waals surface area contributed by atoms with Gasteiger partial charge in [-0.15, -0.1) is 0 Å². The number of urea groups is 1. The van der Waals surface area contributed by atoms with Crippen LogP contribution >= 0.6 is 0 Å². The molecule has 292 valence electrons. The fraction of sp³-hybridized carbons (Fsp3) is 0.556. The van der Waals surface area contributed by atoms with E-state index >= 15 is 0 Å². The average molecular weight is 744 g/mol. The van der Waals surface area contributed by atoms with E-state index in [0.29, 0.717) is 17.9 Å². The second-order valence-electron chi connectivity index (χ2n) is 13.7. The van der Waals surface area contributed by atoms with Crippen LogP contribution in [0.15, 0.2) is 36.4 Å². The Morgan fingerprint density at radius 1 is 0.925 bits per heavy atom. The molecule has 0 spiro atoms. The van der Waals surface area contributed by atoms with E-state index in [1.54, 1.807) is 65.8 Å². The first-order valence-electron chi connectivity index (χ1n) is 17.5. The van der Waals surface area contributed by atoms with Gasteiger partial charge < -0.3 is 41.4 Å². The minimum absolute atomic E-state index is 0.0537. The van der Waals surface area contributed by atoms with E-state index in [2.05, 4.69) is 21.3 Å². The first-order chi connectivity index (χ1) is 24.9. The van der Waals surface area contributed by atoms with E-state index < -0.39 is 71.4 Å². The molecule has 0 aromatic heterocycles. The van der Waals surface area contributed by atoms with Crippen molar-refractivity contribution in [2.24, 2.45) is 17.1 Å².